The minimum absolute atomic E-state index is 0.427. The monoisotopic (exact) mass is 444 g/mol. The standard InChI is InChI=1S/C29H40N4/c1-6-21(2)26-18-25(19-33-22(26)3)24-16-23(12-9-7-8-10-14-30-4)28(20-31-5)27(17-24)29-13-11-15-32-29/h6-8,16-19,29,31-32H,4,9-15,20H2,1-3,5H3/b8-7-,21-6-. The van der Waals surface area contributed by atoms with E-state index in [0.717, 1.165) is 44.6 Å². The summed E-state index contributed by atoms with van der Waals surface area (Å²) in [5.41, 5.74) is 10.4. The van der Waals surface area contributed by atoms with Crippen molar-refractivity contribution in [3.63, 3.8) is 0 Å². The van der Waals surface area contributed by atoms with Crippen LogP contribution >= 0.6 is 0 Å². The molecular weight excluding hydrogens is 404 g/mol. The number of rotatable bonds is 11. The summed E-state index contributed by atoms with van der Waals surface area (Å²) in [6.07, 6.45) is 14.2. The Morgan fingerprint density at radius 1 is 1.24 bits per heavy atom. The summed E-state index contributed by atoms with van der Waals surface area (Å²) in [6.45, 7) is 12.7. The van der Waals surface area contributed by atoms with E-state index in [4.69, 9.17) is 4.98 Å². The zero-order chi connectivity index (χ0) is 23.6. The van der Waals surface area contributed by atoms with Crippen LogP contribution in [0, 0.1) is 6.92 Å². The third-order valence-corrected chi connectivity index (χ3v) is 6.65. The molecule has 1 aromatic carbocycles. The molecule has 4 heteroatoms. The van der Waals surface area contributed by atoms with E-state index in [2.05, 4.69) is 79.5 Å². The van der Waals surface area contributed by atoms with E-state index in [0.29, 0.717) is 6.04 Å². The van der Waals surface area contributed by atoms with Gasteiger partial charge < -0.3 is 15.6 Å². The summed E-state index contributed by atoms with van der Waals surface area (Å²) in [4.78, 5) is 8.69. The molecule has 0 radical (unpaired) electrons. The van der Waals surface area contributed by atoms with Gasteiger partial charge in [0.05, 0.1) is 0 Å². The molecule has 1 aromatic heterocycles. The fourth-order valence-electron chi connectivity index (χ4n) is 4.69. The lowest BCUT2D eigenvalue weighted by Crippen LogP contribution is -2.19. The molecule has 0 bridgehead atoms. The van der Waals surface area contributed by atoms with Crippen molar-refractivity contribution in [1.29, 1.82) is 0 Å². The Balaban J connectivity index is 2.04. The molecule has 33 heavy (non-hydrogen) atoms. The maximum atomic E-state index is 4.75. The first-order valence-electron chi connectivity index (χ1n) is 12.3. The maximum absolute atomic E-state index is 4.75. The van der Waals surface area contributed by atoms with Crippen molar-refractivity contribution in [3.8, 4) is 11.1 Å². The number of allylic oxidation sites excluding steroid dienone is 3. The van der Waals surface area contributed by atoms with Crippen molar-refractivity contribution >= 4 is 12.3 Å². The van der Waals surface area contributed by atoms with Crippen molar-refractivity contribution in [2.75, 3.05) is 20.1 Å². The smallest absolute Gasteiger partial charge is 0.0447 e. The number of hydrogen-bond acceptors (Lipinski definition) is 4. The summed E-state index contributed by atoms with van der Waals surface area (Å²) in [5, 5.41) is 7.15. The molecule has 1 aliphatic heterocycles. The molecule has 1 aliphatic rings. The second-order valence-corrected chi connectivity index (χ2v) is 8.96. The van der Waals surface area contributed by atoms with Crippen LogP contribution in [0.4, 0.5) is 0 Å². The lowest BCUT2D eigenvalue weighted by molar-refractivity contribution is 0.631. The van der Waals surface area contributed by atoms with Crippen LogP contribution in [0.1, 0.15) is 73.5 Å². The molecule has 1 fully saturated rings. The largest absolute Gasteiger partial charge is 0.316 e. The molecule has 1 atom stereocenters. The third-order valence-electron chi connectivity index (χ3n) is 6.65. The molecule has 0 amide bonds. The van der Waals surface area contributed by atoms with Gasteiger partial charge in [-0.05, 0) is 119 Å². The number of nitrogens with one attached hydrogen (secondary N) is 2. The maximum Gasteiger partial charge on any atom is 0.0447 e. The molecule has 2 aromatic rings. The minimum atomic E-state index is 0.427. The predicted octanol–water partition coefficient (Wildman–Crippen LogP) is 6.20. The Bertz CT molecular complexity index is 997. The highest BCUT2D eigenvalue weighted by molar-refractivity contribution is 5.73. The van der Waals surface area contributed by atoms with E-state index in [1.54, 1.807) is 0 Å². The number of nitrogens with zero attached hydrogens (tertiary/aromatic N) is 2. The Morgan fingerprint density at radius 2 is 2.06 bits per heavy atom. The SMILES string of the molecule is C=NCC/C=C\CCc1cc(-c2cnc(C)c(/C(C)=C\C)c2)cc(C2CCCN2)c1CNC. The lowest BCUT2D eigenvalue weighted by atomic mass is 9.88. The highest BCUT2D eigenvalue weighted by atomic mass is 14.9. The number of hydrogen-bond donors (Lipinski definition) is 2. The molecule has 1 saturated heterocycles. The van der Waals surface area contributed by atoms with Crippen LogP contribution in [0.25, 0.3) is 16.7 Å². The molecular formula is C29H40N4. The molecule has 1 unspecified atom stereocenters. The van der Waals surface area contributed by atoms with Crippen LogP contribution in [-0.2, 0) is 13.0 Å². The minimum Gasteiger partial charge on any atom is -0.316 e. The van der Waals surface area contributed by atoms with Gasteiger partial charge in [0, 0.05) is 36.6 Å². The van der Waals surface area contributed by atoms with Crippen molar-refractivity contribution in [2.24, 2.45) is 4.99 Å². The van der Waals surface area contributed by atoms with Crippen molar-refractivity contribution in [3.05, 3.63) is 70.6 Å². The van der Waals surface area contributed by atoms with Gasteiger partial charge in [-0.1, -0.05) is 24.3 Å². The molecule has 2 heterocycles. The number of aryl methyl sites for hydroxylation is 2. The van der Waals surface area contributed by atoms with Gasteiger partial charge in [-0.3, -0.25) is 4.98 Å². The van der Waals surface area contributed by atoms with Gasteiger partial charge in [-0.25, -0.2) is 0 Å². The van der Waals surface area contributed by atoms with Gasteiger partial charge in [0.2, 0.25) is 0 Å². The second kappa shape index (κ2) is 12.6. The van der Waals surface area contributed by atoms with Crippen molar-refractivity contribution in [2.45, 2.75) is 65.5 Å². The van der Waals surface area contributed by atoms with Gasteiger partial charge in [-0.2, -0.15) is 0 Å². The van der Waals surface area contributed by atoms with E-state index in [1.807, 2.05) is 13.2 Å². The predicted molar refractivity (Wildman–Crippen MR) is 143 cm³/mol. The number of aromatic nitrogens is 1. The van der Waals surface area contributed by atoms with E-state index in [1.165, 1.54) is 51.8 Å². The fraction of sp³-hybridized carbons (Fsp3) is 0.448. The summed E-state index contributed by atoms with van der Waals surface area (Å²) < 4.78 is 0. The molecule has 0 spiro atoms. The first-order valence-corrected chi connectivity index (χ1v) is 12.3. The van der Waals surface area contributed by atoms with E-state index < -0.39 is 0 Å². The number of pyridine rings is 1. The quantitative estimate of drug-likeness (QED) is 0.246. The summed E-state index contributed by atoms with van der Waals surface area (Å²) in [5.74, 6) is 0. The lowest BCUT2D eigenvalue weighted by Gasteiger charge is -2.22. The second-order valence-electron chi connectivity index (χ2n) is 8.96. The Hall–Kier alpha value is -2.56. The highest BCUT2D eigenvalue weighted by Gasteiger charge is 2.22. The first kappa shape index (κ1) is 25.1. The average Bonchev–Trinajstić information content (AvgIpc) is 3.37. The summed E-state index contributed by atoms with van der Waals surface area (Å²) >= 11 is 0. The fourth-order valence-corrected chi connectivity index (χ4v) is 4.69. The Labute approximate surface area is 200 Å². The van der Waals surface area contributed by atoms with Crippen LogP contribution in [0.5, 0.6) is 0 Å². The van der Waals surface area contributed by atoms with Gasteiger partial charge in [0.25, 0.3) is 0 Å². The van der Waals surface area contributed by atoms with E-state index >= 15 is 0 Å². The zero-order valence-corrected chi connectivity index (χ0v) is 20.9. The van der Waals surface area contributed by atoms with Crippen LogP contribution in [0.3, 0.4) is 0 Å². The highest BCUT2D eigenvalue weighted by Crippen LogP contribution is 2.34. The number of benzene rings is 1. The molecule has 176 valence electrons. The summed E-state index contributed by atoms with van der Waals surface area (Å²) in [6, 6.07) is 7.54. The molecule has 2 N–H and O–H groups in total. The van der Waals surface area contributed by atoms with E-state index in [9.17, 15) is 0 Å². The van der Waals surface area contributed by atoms with E-state index in [-0.39, 0.29) is 0 Å². The average molecular weight is 445 g/mol. The molecule has 0 aliphatic carbocycles. The van der Waals surface area contributed by atoms with Crippen LogP contribution in [0.15, 0.2) is 47.6 Å². The molecule has 3 rings (SSSR count). The summed E-state index contributed by atoms with van der Waals surface area (Å²) in [7, 11) is 2.04. The zero-order valence-electron chi connectivity index (χ0n) is 20.9. The molecule has 4 nitrogen and oxygen atoms in total. The van der Waals surface area contributed by atoms with Gasteiger partial charge in [0.1, 0.15) is 0 Å². The van der Waals surface area contributed by atoms with Gasteiger partial charge in [0.15, 0.2) is 0 Å². The van der Waals surface area contributed by atoms with Crippen molar-refractivity contribution in [1.82, 2.24) is 15.6 Å². The third kappa shape index (κ3) is 6.49. The van der Waals surface area contributed by atoms with Crippen LogP contribution < -0.4 is 10.6 Å². The van der Waals surface area contributed by atoms with Gasteiger partial charge in [-0.15, -0.1) is 0 Å². The first-order chi connectivity index (χ1) is 16.1. The Kier molecular flexibility index (Phi) is 9.59. The van der Waals surface area contributed by atoms with Crippen LogP contribution in [0.2, 0.25) is 0 Å². The number of aliphatic imine (C=N–C) groups is 1. The molecule has 0 saturated carbocycles. The topological polar surface area (TPSA) is 49.3 Å². The normalized spacial score (nSPS) is 16.6. The van der Waals surface area contributed by atoms with Gasteiger partial charge >= 0.3 is 0 Å². The van der Waals surface area contributed by atoms with Crippen molar-refractivity contribution < 1.29 is 0 Å². The van der Waals surface area contributed by atoms with Crippen LogP contribution in [-0.4, -0.2) is 31.8 Å². The Morgan fingerprint density at radius 3 is 2.76 bits per heavy atom.